The van der Waals surface area contributed by atoms with Crippen molar-refractivity contribution >= 4 is 17.4 Å². The van der Waals surface area contributed by atoms with Crippen LogP contribution in [0.2, 0.25) is 5.15 Å². The fourth-order valence-electron chi connectivity index (χ4n) is 2.25. The number of piperidine rings is 1. The molecule has 0 bridgehead atoms. The van der Waals surface area contributed by atoms with E-state index in [-0.39, 0.29) is 5.92 Å². The van der Waals surface area contributed by atoms with Crippen LogP contribution in [0.25, 0.3) is 0 Å². The Morgan fingerprint density at radius 3 is 2.94 bits per heavy atom. The van der Waals surface area contributed by atoms with Crippen molar-refractivity contribution in [1.29, 1.82) is 0 Å². The molecular weight excluding hydrogens is 238 g/mol. The average Bonchev–Trinajstić information content (AvgIpc) is 2.63. The van der Waals surface area contributed by atoms with Crippen LogP contribution < -0.4 is 0 Å². The van der Waals surface area contributed by atoms with Gasteiger partial charge < -0.3 is 4.57 Å². The molecule has 1 aliphatic heterocycles. The molecule has 1 aromatic rings. The van der Waals surface area contributed by atoms with Crippen LogP contribution in [0.4, 0.5) is 0 Å². The number of carbonyl (C=O) groups is 1. The van der Waals surface area contributed by atoms with Crippen molar-refractivity contribution in [1.82, 2.24) is 14.5 Å². The SMILES string of the molecule is CCC1CN(Cc2ncc(Cl)n2C)CCC1=O. The minimum Gasteiger partial charge on any atom is -0.321 e. The summed E-state index contributed by atoms with van der Waals surface area (Å²) in [5.41, 5.74) is 0. The Bertz CT molecular complexity index is 416. The maximum Gasteiger partial charge on any atom is 0.138 e. The molecule has 1 aromatic heterocycles. The lowest BCUT2D eigenvalue weighted by Gasteiger charge is -2.30. The van der Waals surface area contributed by atoms with E-state index in [4.69, 9.17) is 11.6 Å². The van der Waals surface area contributed by atoms with Crippen LogP contribution >= 0.6 is 11.6 Å². The van der Waals surface area contributed by atoms with E-state index in [0.717, 1.165) is 31.9 Å². The molecule has 17 heavy (non-hydrogen) atoms. The highest BCUT2D eigenvalue weighted by molar-refractivity contribution is 6.29. The molecular formula is C12H18ClN3O. The summed E-state index contributed by atoms with van der Waals surface area (Å²) in [5.74, 6) is 1.56. The van der Waals surface area contributed by atoms with E-state index in [2.05, 4.69) is 16.8 Å². The standard InChI is InChI=1S/C12H18ClN3O/c1-3-9-7-16(5-4-10(9)17)8-12-14-6-11(13)15(12)2/h6,9H,3-5,7-8H2,1-2H3. The van der Waals surface area contributed by atoms with Gasteiger partial charge in [-0.1, -0.05) is 18.5 Å². The van der Waals surface area contributed by atoms with Gasteiger partial charge in [-0.05, 0) is 6.42 Å². The number of imidazole rings is 1. The highest BCUT2D eigenvalue weighted by Gasteiger charge is 2.26. The molecule has 0 saturated carbocycles. The molecule has 1 atom stereocenters. The molecule has 4 nitrogen and oxygen atoms in total. The zero-order valence-corrected chi connectivity index (χ0v) is 11.1. The fraction of sp³-hybridized carbons (Fsp3) is 0.667. The van der Waals surface area contributed by atoms with Gasteiger partial charge in [0.25, 0.3) is 0 Å². The highest BCUT2D eigenvalue weighted by atomic mass is 35.5. The third kappa shape index (κ3) is 2.69. The van der Waals surface area contributed by atoms with Crippen LogP contribution in [0.5, 0.6) is 0 Å². The number of carbonyl (C=O) groups excluding carboxylic acids is 1. The van der Waals surface area contributed by atoms with Gasteiger partial charge in [0, 0.05) is 32.5 Å². The first-order chi connectivity index (χ1) is 8.11. The zero-order chi connectivity index (χ0) is 12.4. The molecule has 0 spiro atoms. The number of Topliss-reactive ketones (excluding diaryl/α,β-unsaturated/α-hetero) is 1. The summed E-state index contributed by atoms with van der Waals surface area (Å²) in [5, 5.41) is 0.653. The maximum absolute atomic E-state index is 11.6. The third-order valence-corrected chi connectivity index (χ3v) is 3.85. The van der Waals surface area contributed by atoms with Crippen molar-refractivity contribution in [2.24, 2.45) is 13.0 Å². The van der Waals surface area contributed by atoms with Gasteiger partial charge in [0.1, 0.15) is 16.8 Å². The largest absolute Gasteiger partial charge is 0.321 e. The monoisotopic (exact) mass is 255 g/mol. The fourth-order valence-corrected chi connectivity index (χ4v) is 2.40. The lowest BCUT2D eigenvalue weighted by molar-refractivity contribution is -0.126. The molecule has 0 aliphatic carbocycles. The zero-order valence-electron chi connectivity index (χ0n) is 10.3. The van der Waals surface area contributed by atoms with Crippen LogP contribution in [0, 0.1) is 5.92 Å². The second kappa shape index (κ2) is 5.19. The first-order valence-corrected chi connectivity index (χ1v) is 6.40. The van der Waals surface area contributed by atoms with E-state index in [1.165, 1.54) is 0 Å². The molecule has 2 heterocycles. The Labute approximate surface area is 107 Å². The number of rotatable bonds is 3. The number of halogens is 1. The average molecular weight is 256 g/mol. The first-order valence-electron chi connectivity index (χ1n) is 6.03. The van der Waals surface area contributed by atoms with Crippen LogP contribution in [0.1, 0.15) is 25.6 Å². The van der Waals surface area contributed by atoms with Gasteiger partial charge in [-0.25, -0.2) is 4.98 Å². The minimum atomic E-state index is 0.194. The van der Waals surface area contributed by atoms with Gasteiger partial charge in [-0.3, -0.25) is 9.69 Å². The topological polar surface area (TPSA) is 38.1 Å². The van der Waals surface area contributed by atoms with Crippen molar-refractivity contribution < 1.29 is 4.79 Å². The Hall–Kier alpha value is -0.870. The van der Waals surface area contributed by atoms with Gasteiger partial charge in [-0.2, -0.15) is 0 Å². The van der Waals surface area contributed by atoms with E-state index in [1.807, 2.05) is 11.6 Å². The molecule has 0 aromatic carbocycles. The number of aromatic nitrogens is 2. The predicted molar refractivity (Wildman–Crippen MR) is 66.9 cm³/mol. The second-order valence-corrected chi connectivity index (χ2v) is 5.00. The molecule has 1 saturated heterocycles. The lowest BCUT2D eigenvalue weighted by Crippen LogP contribution is -2.40. The maximum atomic E-state index is 11.6. The van der Waals surface area contributed by atoms with Crippen molar-refractivity contribution in [2.45, 2.75) is 26.3 Å². The number of likely N-dealkylation sites (tertiary alicyclic amines) is 1. The third-order valence-electron chi connectivity index (χ3n) is 3.49. The summed E-state index contributed by atoms with van der Waals surface area (Å²) in [4.78, 5) is 18.2. The van der Waals surface area contributed by atoms with Crippen molar-refractivity contribution in [3.63, 3.8) is 0 Å². The molecule has 94 valence electrons. The van der Waals surface area contributed by atoms with Gasteiger partial charge in [0.05, 0.1) is 12.7 Å². The van der Waals surface area contributed by atoms with E-state index in [0.29, 0.717) is 17.4 Å². The van der Waals surface area contributed by atoms with Gasteiger partial charge in [0.15, 0.2) is 0 Å². The molecule has 0 radical (unpaired) electrons. The molecule has 1 unspecified atom stereocenters. The van der Waals surface area contributed by atoms with Crippen LogP contribution in [-0.2, 0) is 18.4 Å². The van der Waals surface area contributed by atoms with Crippen LogP contribution in [0.15, 0.2) is 6.20 Å². The van der Waals surface area contributed by atoms with Crippen molar-refractivity contribution in [3.05, 3.63) is 17.2 Å². The highest BCUT2D eigenvalue weighted by Crippen LogP contribution is 2.18. The summed E-state index contributed by atoms with van der Waals surface area (Å²) < 4.78 is 1.89. The number of hydrogen-bond acceptors (Lipinski definition) is 3. The van der Waals surface area contributed by atoms with E-state index >= 15 is 0 Å². The molecule has 0 N–H and O–H groups in total. The van der Waals surface area contributed by atoms with Crippen molar-refractivity contribution in [2.75, 3.05) is 13.1 Å². The van der Waals surface area contributed by atoms with Gasteiger partial charge in [0.2, 0.25) is 0 Å². The summed E-state index contributed by atoms with van der Waals surface area (Å²) >= 11 is 5.95. The minimum absolute atomic E-state index is 0.194. The van der Waals surface area contributed by atoms with Crippen LogP contribution in [-0.4, -0.2) is 33.3 Å². The van der Waals surface area contributed by atoms with E-state index in [9.17, 15) is 4.79 Å². The summed E-state index contributed by atoms with van der Waals surface area (Å²) in [6.07, 6.45) is 3.26. The molecule has 1 fully saturated rings. The predicted octanol–water partition coefficient (Wildman–Crippen LogP) is 1.87. The Morgan fingerprint density at radius 2 is 2.35 bits per heavy atom. The van der Waals surface area contributed by atoms with Gasteiger partial charge in [-0.15, -0.1) is 0 Å². The summed E-state index contributed by atoms with van der Waals surface area (Å²) in [6.45, 7) is 4.52. The second-order valence-electron chi connectivity index (χ2n) is 4.61. The molecule has 1 aliphatic rings. The molecule has 5 heteroatoms. The summed E-state index contributed by atoms with van der Waals surface area (Å²) in [6, 6.07) is 0. The Kier molecular flexibility index (Phi) is 3.84. The quantitative estimate of drug-likeness (QED) is 0.828. The first kappa shape index (κ1) is 12.6. The Morgan fingerprint density at radius 1 is 1.59 bits per heavy atom. The van der Waals surface area contributed by atoms with E-state index in [1.54, 1.807) is 6.20 Å². The number of ketones is 1. The van der Waals surface area contributed by atoms with Gasteiger partial charge >= 0.3 is 0 Å². The number of hydrogen-bond donors (Lipinski definition) is 0. The normalized spacial score (nSPS) is 22.1. The Balaban J connectivity index is 2.00. The lowest BCUT2D eigenvalue weighted by atomic mass is 9.94. The van der Waals surface area contributed by atoms with Crippen LogP contribution in [0.3, 0.4) is 0 Å². The number of nitrogens with zero attached hydrogens (tertiary/aromatic N) is 3. The summed E-state index contributed by atoms with van der Waals surface area (Å²) in [7, 11) is 1.91. The van der Waals surface area contributed by atoms with E-state index < -0.39 is 0 Å². The molecule has 0 amide bonds. The smallest absolute Gasteiger partial charge is 0.138 e. The molecule has 2 rings (SSSR count). The van der Waals surface area contributed by atoms with Crippen molar-refractivity contribution in [3.8, 4) is 0 Å².